The van der Waals surface area contributed by atoms with E-state index in [4.69, 9.17) is 19.3 Å². The molecule has 0 radical (unpaired) electrons. The number of carboxylic acid groups (broad SMARTS) is 2. The van der Waals surface area contributed by atoms with Crippen LogP contribution in [0, 0.1) is 0 Å². The molecule has 2 N–H and O–H groups in total. The first-order chi connectivity index (χ1) is 12.7. The average Bonchev–Trinajstić information content (AvgIpc) is 2.60. The molecule has 0 unspecified atom stereocenters. The van der Waals surface area contributed by atoms with Gasteiger partial charge in [-0.25, -0.2) is 9.59 Å². The zero-order valence-electron chi connectivity index (χ0n) is 15.0. The second-order valence-electron chi connectivity index (χ2n) is 5.87. The molecule has 0 spiro atoms. The number of benzene rings is 2. The largest absolute Gasteiger partial charge is 0.495 e. The van der Waals surface area contributed by atoms with E-state index in [1.54, 1.807) is 19.9 Å². The molecule has 0 aliphatic rings. The van der Waals surface area contributed by atoms with E-state index in [2.05, 4.69) is 6.58 Å². The molecule has 0 bridgehead atoms. The predicted molar refractivity (Wildman–Crippen MR) is 97.7 cm³/mol. The van der Waals surface area contributed by atoms with Crippen LogP contribution in [-0.4, -0.2) is 34.9 Å². The van der Waals surface area contributed by atoms with Crippen LogP contribution >= 0.6 is 0 Å². The highest BCUT2D eigenvalue weighted by molar-refractivity contribution is 5.89. The molecule has 0 heterocycles. The number of hydrogen-bond donors (Lipinski definition) is 2. The van der Waals surface area contributed by atoms with E-state index in [9.17, 15) is 14.7 Å². The molecular weight excluding hydrogens is 352 g/mol. The van der Waals surface area contributed by atoms with Gasteiger partial charge in [0.1, 0.15) is 30.0 Å². The molecule has 142 valence electrons. The predicted octanol–water partition coefficient (Wildman–Crippen LogP) is 4.19. The van der Waals surface area contributed by atoms with Crippen LogP contribution in [0.15, 0.2) is 54.8 Å². The lowest BCUT2D eigenvalue weighted by atomic mass is 10.2. The maximum Gasteiger partial charge on any atom is 0.335 e. The Labute approximate surface area is 156 Å². The lowest BCUT2D eigenvalue weighted by Gasteiger charge is -2.17. The van der Waals surface area contributed by atoms with Crippen molar-refractivity contribution in [2.45, 2.75) is 20.0 Å². The fraction of sp³-hybridized carbons (Fsp3) is 0.200. The van der Waals surface area contributed by atoms with E-state index in [0.29, 0.717) is 17.3 Å². The Balaban J connectivity index is 2.19. The van der Waals surface area contributed by atoms with Crippen LogP contribution < -0.4 is 9.47 Å². The van der Waals surface area contributed by atoms with Crippen molar-refractivity contribution in [2.75, 3.05) is 6.61 Å². The van der Waals surface area contributed by atoms with Crippen molar-refractivity contribution in [3.8, 4) is 17.2 Å². The molecule has 0 aliphatic heterocycles. The lowest BCUT2D eigenvalue weighted by molar-refractivity contribution is 0.0685. The zero-order chi connectivity index (χ0) is 20.0. The first kappa shape index (κ1) is 19.8. The molecule has 0 fully saturated rings. The summed E-state index contributed by atoms with van der Waals surface area (Å²) in [4.78, 5) is 22.3. The maximum absolute atomic E-state index is 11.4. The van der Waals surface area contributed by atoms with Gasteiger partial charge in [-0.2, -0.15) is 0 Å². The number of allylic oxidation sites excluding steroid dienone is 1. The fourth-order valence-electron chi connectivity index (χ4n) is 2.15. The van der Waals surface area contributed by atoms with E-state index < -0.39 is 11.9 Å². The number of rotatable bonds is 9. The van der Waals surface area contributed by atoms with Gasteiger partial charge in [-0.1, -0.05) is 6.58 Å². The third kappa shape index (κ3) is 6.07. The number of ether oxygens (including phenoxy) is 3. The normalized spacial score (nSPS) is 11.3. The first-order valence-electron chi connectivity index (χ1n) is 8.09. The summed E-state index contributed by atoms with van der Waals surface area (Å²) in [6.45, 7) is 7.40. The summed E-state index contributed by atoms with van der Waals surface area (Å²) in [5, 5.41) is 18.2. The minimum atomic E-state index is -1.13. The summed E-state index contributed by atoms with van der Waals surface area (Å²) < 4.78 is 16.6. The molecule has 0 saturated heterocycles. The minimum absolute atomic E-state index is 0.00215. The molecule has 7 heteroatoms. The number of hydrogen-bond acceptors (Lipinski definition) is 5. The lowest BCUT2D eigenvalue weighted by Crippen LogP contribution is -2.18. The molecular formula is C20H20O7. The Morgan fingerprint density at radius 1 is 0.963 bits per heavy atom. The van der Waals surface area contributed by atoms with Gasteiger partial charge in [0.25, 0.3) is 0 Å². The smallest absolute Gasteiger partial charge is 0.335 e. The molecule has 0 aliphatic carbocycles. The quantitative estimate of drug-likeness (QED) is 0.636. The standard InChI is InChI=1S/C20H20O7/c1-12(2)25-11-13(3)26-17-8-15(20(23)24)9-18(10-17)27-16-6-4-14(5-7-16)19(21)22/h4-10,13H,1,11H2,2-3H3,(H,21,22)(H,23,24)/t13-/m0/s1. The average molecular weight is 372 g/mol. The van der Waals surface area contributed by atoms with Gasteiger partial charge in [-0.15, -0.1) is 0 Å². The van der Waals surface area contributed by atoms with Gasteiger partial charge in [-0.3, -0.25) is 0 Å². The Bertz CT molecular complexity index is 840. The van der Waals surface area contributed by atoms with Crippen molar-refractivity contribution < 1.29 is 34.0 Å². The van der Waals surface area contributed by atoms with Crippen molar-refractivity contribution in [1.82, 2.24) is 0 Å². The van der Waals surface area contributed by atoms with Crippen LogP contribution in [-0.2, 0) is 4.74 Å². The summed E-state index contributed by atoms with van der Waals surface area (Å²) in [7, 11) is 0. The summed E-state index contributed by atoms with van der Waals surface area (Å²) in [6.07, 6.45) is -0.339. The van der Waals surface area contributed by atoms with Crippen LogP contribution in [0.1, 0.15) is 34.6 Å². The van der Waals surface area contributed by atoms with Crippen LogP contribution in [0.4, 0.5) is 0 Å². The molecule has 2 aromatic rings. The van der Waals surface area contributed by atoms with Crippen molar-refractivity contribution >= 4 is 11.9 Å². The first-order valence-corrected chi connectivity index (χ1v) is 8.09. The third-order valence-electron chi connectivity index (χ3n) is 3.37. The molecule has 0 amide bonds. The van der Waals surface area contributed by atoms with Crippen molar-refractivity contribution in [2.24, 2.45) is 0 Å². The van der Waals surface area contributed by atoms with E-state index >= 15 is 0 Å². The molecule has 0 aromatic heterocycles. The summed E-state index contributed by atoms with van der Waals surface area (Å²) >= 11 is 0. The second kappa shape index (κ2) is 8.75. The maximum atomic E-state index is 11.4. The molecule has 2 rings (SSSR count). The molecule has 2 aromatic carbocycles. The van der Waals surface area contributed by atoms with E-state index in [-0.39, 0.29) is 29.6 Å². The van der Waals surface area contributed by atoms with Crippen LogP contribution in [0.25, 0.3) is 0 Å². The number of carbonyl (C=O) groups is 2. The summed E-state index contributed by atoms with van der Waals surface area (Å²) in [6, 6.07) is 10.1. The molecule has 27 heavy (non-hydrogen) atoms. The second-order valence-corrected chi connectivity index (χ2v) is 5.87. The topological polar surface area (TPSA) is 102 Å². The Morgan fingerprint density at radius 3 is 2.11 bits per heavy atom. The van der Waals surface area contributed by atoms with Crippen LogP contribution in [0.2, 0.25) is 0 Å². The molecule has 0 saturated carbocycles. The molecule has 1 atom stereocenters. The Kier molecular flexibility index (Phi) is 6.43. The van der Waals surface area contributed by atoms with Gasteiger partial charge in [0, 0.05) is 6.07 Å². The highest BCUT2D eigenvalue weighted by Crippen LogP contribution is 2.28. The summed E-state index contributed by atoms with van der Waals surface area (Å²) in [5.41, 5.74) is 0.120. The zero-order valence-corrected chi connectivity index (χ0v) is 15.0. The Hall–Kier alpha value is -3.48. The van der Waals surface area contributed by atoms with E-state index in [0.717, 1.165) is 0 Å². The highest BCUT2D eigenvalue weighted by atomic mass is 16.5. The van der Waals surface area contributed by atoms with Crippen LogP contribution in [0.3, 0.4) is 0 Å². The fourth-order valence-corrected chi connectivity index (χ4v) is 2.15. The van der Waals surface area contributed by atoms with Gasteiger partial charge in [-0.05, 0) is 50.2 Å². The van der Waals surface area contributed by atoms with Gasteiger partial charge < -0.3 is 24.4 Å². The van der Waals surface area contributed by atoms with Gasteiger partial charge >= 0.3 is 11.9 Å². The van der Waals surface area contributed by atoms with Crippen molar-refractivity contribution in [3.63, 3.8) is 0 Å². The third-order valence-corrected chi connectivity index (χ3v) is 3.37. The summed E-state index contributed by atoms with van der Waals surface area (Å²) in [5.74, 6) is -0.690. The van der Waals surface area contributed by atoms with E-state index in [1.807, 2.05) is 0 Å². The highest BCUT2D eigenvalue weighted by Gasteiger charge is 2.13. The van der Waals surface area contributed by atoms with E-state index in [1.165, 1.54) is 36.4 Å². The monoisotopic (exact) mass is 372 g/mol. The minimum Gasteiger partial charge on any atom is -0.495 e. The number of carboxylic acids is 2. The van der Waals surface area contributed by atoms with Gasteiger partial charge in [0.05, 0.1) is 16.9 Å². The Morgan fingerprint density at radius 2 is 1.56 bits per heavy atom. The number of aromatic carboxylic acids is 2. The van der Waals surface area contributed by atoms with Crippen molar-refractivity contribution in [1.29, 1.82) is 0 Å². The SMILES string of the molecule is C=C(C)OC[C@H](C)Oc1cc(Oc2ccc(C(=O)O)cc2)cc(C(=O)O)c1. The van der Waals surface area contributed by atoms with Gasteiger partial charge in [0.15, 0.2) is 0 Å². The van der Waals surface area contributed by atoms with Crippen molar-refractivity contribution in [3.05, 3.63) is 65.9 Å². The van der Waals surface area contributed by atoms with Crippen LogP contribution in [0.5, 0.6) is 17.2 Å². The molecule has 7 nitrogen and oxygen atoms in total. The van der Waals surface area contributed by atoms with Gasteiger partial charge in [0.2, 0.25) is 0 Å².